The number of hydrogen-bond donors (Lipinski definition) is 0. The van der Waals surface area contributed by atoms with E-state index in [1.54, 1.807) is 13.2 Å². The molecule has 0 aromatic heterocycles. The fraction of sp³-hybridized carbons (Fsp3) is 0.533. The summed E-state index contributed by atoms with van der Waals surface area (Å²) in [4.78, 5) is 14.7. The lowest BCUT2D eigenvalue weighted by molar-refractivity contribution is 0.223. The third-order valence-corrected chi connectivity index (χ3v) is 5.26. The van der Waals surface area contributed by atoms with Crippen LogP contribution in [0.25, 0.3) is 0 Å². The normalized spacial score (nSPS) is 20.2. The van der Waals surface area contributed by atoms with Crippen LogP contribution in [0.15, 0.2) is 23.2 Å². The van der Waals surface area contributed by atoms with Crippen LogP contribution < -0.4 is 9.47 Å². The van der Waals surface area contributed by atoms with Crippen LogP contribution in [-0.2, 0) is 10.3 Å². The van der Waals surface area contributed by atoms with Gasteiger partial charge in [-0.25, -0.2) is 4.79 Å². The summed E-state index contributed by atoms with van der Waals surface area (Å²) < 4.78 is 11.3. The molecule has 106 valence electrons. The number of aliphatic imine (C=N–C) groups is 1. The van der Waals surface area contributed by atoms with E-state index in [1.807, 2.05) is 30.0 Å². The van der Waals surface area contributed by atoms with Crippen LogP contribution in [0.4, 0.5) is 0 Å². The molecule has 1 saturated heterocycles. The highest BCUT2D eigenvalue weighted by Gasteiger charge is 2.39. The van der Waals surface area contributed by atoms with Crippen molar-refractivity contribution in [2.24, 2.45) is 4.99 Å². The van der Waals surface area contributed by atoms with Crippen molar-refractivity contribution in [1.29, 1.82) is 0 Å². The number of benzene rings is 1. The Morgan fingerprint density at radius 2 is 2.15 bits per heavy atom. The average Bonchev–Trinajstić information content (AvgIpc) is 2.38. The fourth-order valence-electron chi connectivity index (χ4n) is 2.58. The summed E-state index contributed by atoms with van der Waals surface area (Å²) in [6, 6.07) is 5.85. The van der Waals surface area contributed by atoms with Crippen molar-refractivity contribution in [2.45, 2.75) is 30.9 Å². The summed E-state index contributed by atoms with van der Waals surface area (Å²) in [6.07, 6.45) is 4.86. The van der Waals surface area contributed by atoms with Crippen LogP contribution in [0.1, 0.15) is 24.8 Å². The molecule has 4 nitrogen and oxygen atoms in total. The Labute approximate surface area is 122 Å². The molecule has 1 aromatic rings. The Kier molecular flexibility index (Phi) is 3.72. The highest BCUT2D eigenvalue weighted by Crippen LogP contribution is 2.47. The largest absolute Gasteiger partial charge is 0.493 e. The van der Waals surface area contributed by atoms with Gasteiger partial charge >= 0.3 is 0 Å². The molecule has 2 fully saturated rings. The highest BCUT2D eigenvalue weighted by atomic mass is 32.2. The van der Waals surface area contributed by atoms with Crippen molar-refractivity contribution >= 4 is 17.8 Å². The maximum atomic E-state index is 10.7. The van der Waals surface area contributed by atoms with Crippen LogP contribution in [0.3, 0.4) is 0 Å². The van der Waals surface area contributed by atoms with Crippen molar-refractivity contribution in [1.82, 2.24) is 0 Å². The van der Waals surface area contributed by atoms with Crippen LogP contribution >= 0.6 is 11.8 Å². The zero-order valence-corrected chi connectivity index (χ0v) is 12.2. The van der Waals surface area contributed by atoms with Gasteiger partial charge in [0.1, 0.15) is 6.10 Å². The Morgan fingerprint density at radius 3 is 2.65 bits per heavy atom. The molecular formula is C15H17NO3S. The monoisotopic (exact) mass is 291 g/mol. The molecule has 0 N–H and O–H groups in total. The van der Waals surface area contributed by atoms with Crippen molar-refractivity contribution < 1.29 is 14.3 Å². The van der Waals surface area contributed by atoms with E-state index < -0.39 is 0 Å². The number of ether oxygens (including phenoxy) is 2. The van der Waals surface area contributed by atoms with Gasteiger partial charge in [-0.2, -0.15) is 16.8 Å². The average molecular weight is 291 g/mol. The van der Waals surface area contributed by atoms with Gasteiger partial charge in [0.25, 0.3) is 0 Å². The van der Waals surface area contributed by atoms with E-state index in [0.717, 1.165) is 47.8 Å². The van der Waals surface area contributed by atoms with Crippen LogP contribution in [-0.4, -0.2) is 30.8 Å². The molecule has 5 heteroatoms. The Hall–Kier alpha value is -1.45. The minimum absolute atomic E-state index is 0.260. The molecule has 20 heavy (non-hydrogen) atoms. The Morgan fingerprint density at radius 1 is 1.35 bits per heavy atom. The molecule has 3 rings (SSSR count). The zero-order valence-electron chi connectivity index (χ0n) is 11.4. The van der Waals surface area contributed by atoms with E-state index >= 15 is 0 Å². The second-order valence-corrected chi connectivity index (χ2v) is 6.31. The molecule has 1 saturated carbocycles. The third-order valence-electron chi connectivity index (χ3n) is 4.04. The van der Waals surface area contributed by atoms with Gasteiger partial charge in [-0.3, -0.25) is 0 Å². The van der Waals surface area contributed by atoms with Gasteiger partial charge in [-0.05, 0) is 37.0 Å². The number of carbonyl (C=O) groups excluding carboxylic acids is 1. The number of thioether (sulfide) groups is 1. The number of nitrogens with zero attached hydrogens (tertiary/aromatic N) is 1. The van der Waals surface area contributed by atoms with Gasteiger partial charge < -0.3 is 9.47 Å². The summed E-state index contributed by atoms with van der Waals surface area (Å²) >= 11 is 1.88. The molecular weight excluding hydrogens is 274 g/mol. The molecule has 0 spiro atoms. The van der Waals surface area contributed by atoms with Gasteiger partial charge in [0.05, 0.1) is 12.6 Å². The van der Waals surface area contributed by atoms with Crippen LogP contribution in [0, 0.1) is 0 Å². The third kappa shape index (κ3) is 2.32. The van der Waals surface area contributed by atoms with E-state index in [-0.39, 0.29) is 11.6 Å². The van der Waals surface area contributed by atoms with Crippen molar-refractivity contribution in [3.63, 3.8) is 0 Å². The minimum atomic E-state index is -0.388. The van der Waals surface area contributed by atoms with E-state index in [2.05, 4.69) is 4.99 Å². The first-order valence-corrected chi connectivity index (χ1v) is 7.95. The lowest BCUT2D eigenvalue weighted by atomic mass is 9.72. The summed E-state index contributed by atoms with van der Waals surface area (Å²) in [7, 11) is 1.64. The predicted octanol–water partition coefficient (Wildman–Crippen LogP) is 2.90. The fourth-order valence-corrected chi connectivity index (χ4v) is 3.15. The molecule has 1 aromatic carbocycles. The molecule has 0 radical (unpaired) electrons. The van der Waals surface area contributed by atoms with Gasteiger partial charge in [-0.15, -0.1) is 0 Å². The molecule has 1 aliphatic carbocycles. The van der Waals surface area contributed by atoms with E-state index in [9.17, 15) is 4.79 Å². The van der Waals surface area contributed by atoms with Gasteiger partial charge in [0.2, 0.25) is 6.08 Å². The molecule has 0 unspecified atom stereocenters. The molecule has 0 bridgehead atoms. The first-order chi connectivity index (χ1) is 9.77. The number of hydrogen-bond acceptors (Lipinski definition) is 5. The Bertz CT molecular complexity index is 546. The van der Waals surface area contributed by atoms with E-state index in [1.165, 1.54) is 0 Å². The SMILES string of the molecule is COc1ccc(C2(N=C=O)CCC2)cc1OC1CSC1. The Balaban J connectivity index is 1.91. The number of rotatable bonds is 5. The summed E-state index contributed by atoms with van der Waals surface area (Å²) in [6.45, 7) is 0. The second kappa shape index (κ2) is 5.51. The standard InChI is InChI=1S/C15H17NO3S/c1-18-13-4-3-11(15(16-10-17)5-2-6-15)7-14(13)19-12-8-20-9-12/h3-4,7,12H,2,5-6,8-9H2,1H3. The molecule has 0 atom stereocenters. The topological polar surface area (TPSA) is 47.9 Å². The number of isocyanates is 1. The van der Waals surface area contributed by atoms with E-state index in [4.69, 9.17) is 9.47 Å². The van der Waals surface area contributed by atoms with E-state index in [0.29, 0.717) is 0 Å². The minimum Gasteiger partial charge on any atom is -0.493 e. The van der Waals surface area contributed by atoms with Crippen molar-refractivity contribution in [3.8, 4) is 11.5 Å². The highest BCUT2D eigenvalue weighted by molar-refractivity contribution is 8.00. The number of methoxy groups -OCH3 is 1. The molecule has 1 heterocycles. The van der Waals surface area contributed by atoms with Crippen LogP contribution in [0.2, 0.25) is 0 Å². The molecule has 1 aliphatic heterocycles. The quantitative estimate of drug-likeness (QED) is 0.618. The first kappa shape index (κ1) is 13.5. The second-order valence-electron chi connectivity index (χ2n) is 5.23. The predicted molar refractivity (Wildman–Crippen MR) is 78.4 cm³/mol. The lowest BCUT2D eigenvalue weighted by Gasteiger charge is -2.37. The van der Waals surface area contributed by atoms with Gasteiger partial charge in [0, 0.05) is 11.5 Å². The van der Waals surface area contributed by atoms with Gasteiger partial charge in [0.15, 0.2) is 11.5 Å². The summed E-state index contributed by atoms with van der Waals surface area (Å²) in [5, 5.41) is 0. The lowest BCUT2D eigenvalue weighted by Crippen LogP contribution is -2.33. The first-order valence-electron chi connectivity index (χ1n) is 6.79. The molecule has 2 aliphatic rings. The maximum Gasteiger partial charge on any atom is 0.235 e. The van der Waals surface area contributed by atoms with Crippen LogP contribution in [0.5, 0.6) is 11.5 Å². The zero-order chi connectivity index (χ0) is 14.0. The molecule has 0 amide bonds. The summed E-state index contributed by atoms with van der Waals surface area (Å²) in [5.41, 5.74) is 0.635. The van der Waals surface area contributed by atoms with Crippen molar-refractivity contribution in [2.75, 3.05) is 18.6 Å². The van der Waals surface area contributed by atoms with Crippen molar-refractivity contribution in [3.05, 3.63) is 23.8 Å². The summed E-state index contributed by atoms with van der Waals surface area (Å²) in [5.74, 6) is 3.52. The smallest absolute Gasteiger partial charge is 0.235 e. The van der Waals surface area contributed by atoms with Gasteiger partial charge in [-0.1, -0.05) is 6.07 Å². The maximum absolute atomic E-state index is 10.7.